The molecular formula is C19H18Cl2FN5O. The van der Waals surface area contributed by atoms with E-state index in [9.17, 15) is 4.39 Å². The third kappa shape index (κ3) is 3.56. The molecular weight excluding hydrogens is 404 g/mol. The summed E-state index contributed by atoms with van der Waals surface area (Å²) < 4.78 is 19.2. The van der Waals surface area contributed by atoms with Crippen LogP contribution in [0.2, 0.25) is 10.0 Å². The molecule has 4 rings (SSSR count). The van der Waals surface area contributed by atoms with Crippen molar-refractivity contribution in [1.29, 1.82) is 0 Å². The fourth-order valence-electron chi connectivity index (χ4n) is 3.16. The van der Waals surface area contributed by atoms with Gasteiger partial charge in [-0.2, -0.15) is 10.1 Å². The molecule has 2 aromatic heterocycles. The van der Waals surface area contributed by atoms with Crippen LogP contribution in [0.4, 0.5) is 10.1 Å². The fourth-order valence-corrected chi connectivity index (χ4v) is 3.65. The number of benzene rings is 1. The van der Waals surface area contributed by atoms with Crippen molar-refractivity contribution in [2.75, 3.05) is 11.4 Å². The summed E-state index contributed by atoms with van der Waals surface area (Å²) in [5.41, 5.74) is 2.80. The van der Waals surface area contributed by atoms with Gasteiger partial charge in [0.2, 0.25) is 0 Å². The quantitative estimate of drug-likeness (QED) is 0.549. The molecule has 146 valence electrons. The van der Waals surface area contributed by atoms with Crippen molar-refractivity contribution in [2.24, 2.45) is 0 Å². The van der Waals surface area contributed by atoms with Gasteiger partial charge in [0, 0.05) is 29.6 Å². The molecule has 0 fully saturated rings. The maximum absolute atomic E-state index is 13.9. The van der Waals surface area contributed by atoms with Gasteiger partial charge in [-0.3, -0.25) is 0 Å². The highest BCUT2D eigenvalue weighted by Gasteiger charge is 2.24. The van der Waals surface area contributed by atoms with Crippen LogP contribution in [0.3, 0.4) is 0 Å². The molecule has 1 aliphatic heterocycles. The SMILES string of the molecule is CC(C)c1noc(-c2cc3c(nn2)CCCN3Cc2c(Cl)ccc(F)c2Cl)n1. The van der Waals surface area contributed by atoms with Crippen LogP contribution in [-0.2, 0) is 13.0 Å². The molecule has 0 N–H and O–H groups in total. The zero-order valence-corrected chi connectivity index (χ0v) is 16.9. The highest BCUT2D eigenvalue weighted by atomic mass is 35.5. The molecule has 1 aromatic carbocycles. The average molecular weight is 422 g/mol. The second-order valence-corrected chi connectivity index (χ2v) is 7.81. The topological polar surface area (TPSA) is 67.9 Å². The highest BCUT2D eigenvalue weighted by molar-refractivity contribution is 6.36. The van der Waals surface area contributed by atoms with Crippen LogP contribution in [0.15, 0.2) is 22.7 Å². The third-order valence-electron chi connectivity index (χ3n) is 4.69. The van der Waals surface area contributed by atoms with Gasteiger partial charge in [-0.25, -0.2) is 4.39 Å². The van der Waals surface area contributed by atoms with Gasteiger partial charge in [0.25, 0.3) is 5.89 Å². The summed E-state index contributed by atoms with van der Waals surface area (Å²) in [6, 6.07) is 4.66. The Bertz CT molecular complexity index is 1020. The predicted octanol–water partition coefficient (Wildman–Crippen LogP) is 5.05. The lowest BCUT2D eigenvalue weighted by Crippen LogP contribution is -2.30. The van der Waals surface area contributed by atoms with Crippen LogP contribution in [0.5, 0.6) is 0 Å². The maximum Gasteiger partial charge on any atom is 0.278 e. The molecule has 0 bridgehead atoms. The third-order valence-corrected chi connectivity index (χ3v) is 5.46. The van der Waals surface area contributed by atoms with Crippen LogP contribution in [0, 0.1) is 5.82 Å². The molecule has 3 heterocycles. The van der Waals surface area contributed by atoms with Crippen LogP contribution < -0.4 is 4.90 Å². The normalized spacial score (nSPS) is 13.9. The monoisotopic (exact) mass is 421 g/mol. The van der Waals surface area contributed by atoms with Gasteiger partial charge in [-0.05, 0) is 31.0 Å². The second-order valence-electron chi connectivity index (χ2n) is 7.02. The van der Waals surface area contributed by atoms with Crippen LogP contribution >= 0.6 is 23.2 Å². The number of hydrogen-bond donors (Lipinski definition) is 0. The fraction of sp³-hybridized carbons (Fsp3) is 0.368. The van der Waals surface area contributed by atoms with Crippen LogP contribution in [0.25, 0.3) is 11.6 Å². The minimum absolute atomic E-state index is 0.0420. The van der Waals surface area contributed by atoms with E-state index in [1.165, 1.54) is 12.1 Å². The van der Waals surface area contributed by atoms with Gasteiger partial charge in [-0.1, -0.05) is 42.2 Å². The van der Waals surface area contributed by atoms with E-state index < -0.39 is 5.82 Å². The summed E-state index contributed by atoms with van der Waals surface area (Å²) in [6.45, 7) is 5.11. The number of fused-ring (bicyclic) bond motifs is 1. The first-order valence-corrected chi connectivity index (χ1v) is 9.77. The van der Waals surface area contributed by atoms with Crippen LogP contribution in [-0.4, -0.2) is 26.9 Å². The van der Waals surface area contributed by atoms with Crippen molar-refractivity contribution >= 4 is 28.9 Å². The Morgan fingerprint density at radius 1 is 1.25 bits per heavy atom. The maximum atomic E-state index is 13.9. The molecule has 0 saturated heterocycles. The molecule has 28 heavy (non-hydrogen) atoms. The molecule has 0 atom stereocenters. The number of nitrogens with zero attached hydrogens (tertiary/aromatic N) is 5. The Morgan fingerprint density at radius 3 is 2.82 bits per heavy atom. The van der Waals surface area contributed by atoms with Crippen molar-refractivity contribution in [3.05, 3.63) is 51.1 Å². The summed E-state index contributed by atoms with van der Waals surface area (Å²) in [6.07, 6.45) is 1.72. The van der Waals surface area contributed by atoms with Gasteiger partial charge in [-0.15, -0.1) is 5.10 Å². The zero-order valence-electron chi connectivity index (χ0n) is 15.4. The van der Waals surface area contributed by atoms with E-state index in [1.807, 2.05) is 19.9 Å². The Kier molecular flexibility index (Phi) is 5.21. The first kappa shape index (κ1) is 19.1. The summed E-state index contributed by atoms with van der Waals surface area (Å²) in [5, 5.41) is 13.0. The Hall–Kier alpha value is -2.25. The number of rotatable bonds is 4. The van der Waals surface area contributed by atoms with Crippen molar-refractivity contribution in [1.82, 2.24) is 20.3 Å². The van der Waals surface area contributed by atoms with Gasteiger partial charge < -0.3 is 9.42 Å². The smallest absolute Gasteiger partial charge is 0.278 e. The molecule has 0 radical (unpaired) electrons. The van der Waals surface area contributed by atoms with Crippen molar-refractivity contribution in [3.8, 4) is 11.6 Å². The molecule has 0 saturated carbocycles. The van der Waals surface area contributed by atoms with Gasteiger partial charge in [0.15, 0.2) is 11.5 Å². The molecule has 0 unspecified atom stereocenters. The van der Waals surface area contributed by atoms with E-state index in [1.54, 1.807) is 0 Å². The first-order chi connectivity index (χ1) is 13.4. The van der Waals surface area contributed by atoms with E-state index in [2.05, 4.69) is 25.2 Å². The lowest BCUT2D eigenvalue weighted by molar-refractivity contribution is 0.417. The van der Waals surface area contributed by atoms with Gasteiger partial charge >= 0.3 is 0 Å². The second kappa shape index (κ2) is 7.64. The minimum Gasteiger partial charge on any atom is -0.365 e. The number of halogens is 3. The molecule has 9 heteroatoms. The number of aryl methyl sites for hydroxylation is 1. The van der Waals surface area contributed by atoms with Crippen molar-refractivity contribution in [3.63, 3.8) is 0 Å². The average Bonchev–Trinajstić information content (AvgIpc) is 3.18. The van der Waals surface area contributed by atoms with E-state index in [0.29, 0.717) is 34.5 Å². The van der Waals surface area contributed by atoms with Gasteiger partial charge in [0.1, 0.15) is 5.82 Å². The lowest BCUT2D eigenvalue weighted by Gasteiger charge is -2.31. The summed E-state index contributed by atoms with van der Waals surface area (Å²) in [5.74, 6) is 0.604. The molecule has 0 aliphatic carbocycles. The van der Waals surface area contributed by atoms with E-state index in [4.69, 9.17) is 27.7 Å². The Labute approximate surface area is 171 Å². The van der Waals surface area contributed by atoms with Crippen LogP contribution in [0.1, 0.15) is 43.3 Å². The minimum atomic E-state index is -0.487. The van der Waals surface area contributed by atoms with Crippen molar-refractivity contribution < 1.29 is 8.91 Å². The Balaban J connectivity index is 1.69. The number of aromatic nitrogens is 4. The number of anilines is 1. The number of hydrogen-bond acceptors (Lipinski definition) is 6. The summed E-state index contributed by atoms with van der Waals surface area (Å²) in [7, 11) is 0. The summed E-state index contributed by atoms with van der Waals surface area (Å²) in [4.78, 5) is 6.46. The highest BCUT2D eigenvalue weighted by Crippen LogP contribution is 2.34. The molecule has 3 aromatic rings. The largest absolute Gasteiger partial charge is 0.365 e. The molecule has 6 nitrogen and oxygen atoms in total. The van der Waals surface area contributed by atoms with E-state index in [-0.39, 0.29) is 10.9 Å². The van der Waals surface area contributed by atoms with E-state index >= 15 is 0 Å². The zero-order chi connectivity index (χ0) is 19.8. The summed E-state index contributed by atoms with van der Waals surface area (Å²) >= 11 is 12.4. The lowest BCUT2D eigenvalue weighted by atomic mass is 10.1. The van der Waals surface area contributed by atoms with E-state index in [0.717, 1.165) is 30.8 Å². The predicted molar refractivity (Wildman–Crippen MR) is 105 cm³/mol. The van der Waals surface area contributed by atoms with Crippen molar-refractivity contribution in [2.45, 2.75) is 39.2 Å². The molecule has 0 spiro atoms. The van der Waals surface area contributed by atoms with Gasteiger partial charge in [0.05, 0.1) is 16.4 Å². The molecule has 1 aliphatic rings. The standard InChI is InChI=1S/C19H18Cl2FN5O/c1-10(2)18-23-19(28-26-18)15-8-16-14(24-25-15)4-3-7-27(16)9-11-12(20)5-6-13(22)17(11)21/h5-6,8,10H,3-4,7,9H2,1-2H3. The first-order valence-electron chi connectivity index (χ1n) is 9.02. The molecule has 0 amide bonds. The Morgan fingerprint density at radius 2 is 2.07 bits per heavy atom.